The van der Waals surface area contributed by atoms with E-state index >= 15 is 0 Å². The van der Waals surface area contributed by atoms with Gasteiger partial charge in [-0.15, -0.1) is 0 Å². The van der Waals surface area contributed by atoms with Gasteiger partial charge in [-0.05, 0) is 6.42 Å². The molecule has 168 valence electrons. The van der Waals surface area contributed by atoms with Crippen LogP contribution in [0.5, 0.6) is 0 Å². The number of ether oxygens (including phenoxy) is 1. The molecule has 0 aromatic carbocycles. The quantitative estimate of drug-likeness (QED) is 0.176. The number of unbranched alkanes of at least 4 members (excludes halogenated alkanes) is 18. The lowest BCUT2D eigenvalue weighted by atomic mass is 10.0. The fraction of sp³-hybridized carbons (Fsp3) is 0.960. The second-order valence-electron chi connectivity index (χ2n) is 8.61. The largest absolute Gasteiger partial charge is 0.481 e. The van der Waals surface area contributed by atoms with Gasteiger partial charge in [-0.2, -0.15) is 0 Å². The van der Waals surface area contributed by atoms with E-state index in [0.717, 1.165) is 12.8 Å². The number of aliphatic carboxylic acids is 1. The SMILES string of the molecule is CCCCCCCCCCCCCCCCCCCCC[C@H](CC(=O)O)OC. The normalized spacial score (nSPS) is 12.4. The van der Waals surface area contributed by atoms with Gasteiger partial charge in [0.25, 0.3) is 0 Å². The summed E-state index contributed by atoms with van der Waals surface area (Å²) >= 11 is 0. The Morgan fingerprint density at radius 3 is 1.25 bits per heavy atom. The van der Waals surface area contributed by atoms with E-state index in [9.17, 15) is 4.79 Å². The van der Waals surface area contributed by atoms with Crippen LogP contribution in [0.2, 0.25) is 0 Å². The molecule has 1 N–H and O–H groups in total. The van der Waals surface area contributed by atoms with E-state index in [1.165, 1.54) is 116 Å². The zero-order valence-electron chi connectivity index (χ0n) is 19.2. The lowest BCUT2D eigenvalue weighted by Gasteiger charge is -2.12. The van der Waals surface area contributed by atoms with Crippen LogP contribution < -0.4 is 0 Å². The third kappa shape index (κ3) is 21.7. The smallest absolute Gasteiger partial charge is 0.305 e. The molecule has 0 aliphatic rings. The highest BCUT2D eigenvalue weighted by atomic mass is 16.5. The Labute approximate surface area is 176 Å². The highest BCUT2D eigenvalue weighted by Gasteiger charge is 2.11. The summed E-state index contributed by atoms with van der Waals surface area (Å²) in [5, 5.41) is 8.79. The molecular formula is C25H50O3. The molecule has 0 amide bonds. The molecule has 0 saturated carbocycles. The van der Waals surface area contributed by atoms with Crippen LogP contribution in [0.3, 0.4) is 0 Å². The molecule has 0 unspecified atom stereocenters. The second kappa shape index (κ2) is 22.7. The zero-order chi connectivity index (χ0) is 20.7. The van der Waals surface area contributed by atoms with Crippen LogP contribution in [0, 0.1) is 0 Å². The van der Waals surface area contributed by atoms with E-state index in [4.69, 9.17) is 9.84 Å². The predicted molar refractivity (Wildman–Crippen MR) is 121 cm³/mol. The van der Waals surface area contributed by atoms with Crippen LogP contribution in [-0.4, -0.2) is 24.3 Å². The van der Waals surface area contributed by atoms with Crippen LogP contribution in [0.1, 0.15) is 142 Å². The number of carboxylic acids is 1. The number of carbonyl (C=O) groups is 1. The van der Waals surface area contributed by atoms with Gasteiger partial charge in [0.15, 0.2) is 0 Å². The van der Waals surface area contributed by atoms with Crippen LogP contribution in [-0.2, 0) is 9.53 Å². The molecule has 0 spiro atoms. The first kappa shape index (κ1) is 27.4. The lowest BCUT2D eigenvalue weighted by molar-refractivity contribution is -0.139. The Kier molecular flexibility index (Phi) is 22.3. The maximum Gasteiger partial charge on any atom is 0.305 e. The fourth-order valence-corrected chi connectivity index (χ4v) is 3.95. The van der Waals surface area contributed by atoms with Crippen molar-refractivity contribution in [3.05, 3.63) is 0 Å². The van der Waals surface area contributed by atoms with Crippen molar-refractivity contribution in [2.45, 2.75) is 148 Å². The summed E-state index contributed by atoms with van der Waals surface area (Å²) < 4.78 is 5.22. The first-order valence-electron chi connectivity index (χ1n) is 12.4. The van der Waals surface area contributed by atoms with Gasteiger partial charge in [0.1, 0.15) is 0 Å². The summed E-state index contributed by atoms with van der Waals surface area (Å²) in [5.41, 5.74) is 0. The minimum absolute atomic E-state index is 0.108. The van der Waals surface area contributed by atoms with E-state index in [1.807, 2.05) is 0 Å². The maximum absolute atomic E-state index is 10.7. The second-order valence-corrected chi connectivity index (χ2v) is 8.61. The summed E-state index contributed by atoms with van der Waals surface area (Å²) in [4.78, 5) is 10.7. The minimum Gasteiger partial charge on any atom is -0.481 e. The van der Waals surface area contributed by atoms with Crippen molar-refractivity contribution in [3.63, 3.8) is 0 Å². The highest BCUT2D eigenvalue weighted by molar-refractivity contribution is 5.67. The Morgan fingerprint density at radius 2 is 0.964 bits per heavy atom. The Morgan fingerprint density at radius 1 is 0.643 bits per heavy atom. The molecule has 0 aliphatic heterocycles. The van der Waals surface area contributed by atoms with E-state index in [0.29, 0.717) is 0 Å². The molecule has 0 heterocycles. The van der Waals surface area contributed by atoms with E-state index < -0.39 is 5.97 Å². The van der Waals surface area contributed by atoms with Crippen LogP contribution in [0.25, 0.3) is 0 Å². The molecule has 0 aromatic rings. The molecule has 1 atom stereocenters. The summed E-state index contributed by atoms with van der Waals surface area (Å²) in [7, 11) is 1.61. The van der Waals surface area contributed by atoms with Crippen molar-refractivity contribution in [1.82, 2.24) is 0 Å². The van der Waals surface area contributed by atoms with Gasteiger partial charge < -0.3 is 9.84 Å². The van der Waals surface area contributed by atoms with Crippen LogP contribution in [0.15, 0.2) is 0 Å². The first-order chi connectivity index (χ1) is 13.7. The zero-order valence-corrected chi connectivity index (χ0v) is 19.2. The molecule has 0 fully saturated rings. The molecule has 0 bridgehead atoms. The number of hydrogen-bond acceptors (Lipinski definition) is 2. The van der Waals surface area contributed by atoms with Gasteiger partial charge in [-0.25, -0.2) is 0 Å². The molecule has 3 heteroatoms. The van der Waals surface area contributed by atoms with Crippen molar-refractivity contribution in [3.8, 4) is 0 Å². The van der Waals surface area contributed by atoms with Crippen LogP contribution >= 0.6 is 0 Å². The number of hydrogen-bond donors (Lipinski definition) is 1. The van der Waals surface area contributed by atoms with Crippen molar-refractivity contribution in [2.75, 3.05) is 7.11 Å². The monoisotopic (exact) mass is 398 g/mol. The van der Waals surface area contributed by atoms with Crippen molar-refractivity contribution < 1.29 is 14.6 Å². The lowest BCUT2D eigenvalue weighted by Crippen LogP contribution is -2.15. The summed E-state index contributed by atoms with van der Waals surface area (Å²) in [5.74, 6) is -0.760. The van der Waals surface area contributed by atoms with E-state index in [1.54, 1.807) is 7.11 Å². The molecule has 0 aliphatic carbocycles. The average Bonchev–Trinajstić information content (AvgIpc) is 2.68. The summed E-state index contributed by atoms with van der Waals surface area (Å²) in [6.45, 7) is 2.28. The molecule has 0 rings (SSSR count). The topological polar surface area (TPSA) is 46.5 Å². The molecular weight excluding hydrogens is 348 g/mol. The van der Waals surface area contributed by atoms with Crippen molar-refractivity contribution in [1.29, 1.82) is 0 Å². The van der Waals surface area contributed by atoms with Gasteiger partial charge in [-0.1, -0.05) is 129 Å². The van der Waals surface area contributed by atoms with Gasteiger partial charge in [0, 0.05) is 7.11 Å². The van der Waals surface area contributed by atoms with E-state index in [2.05, 4.69) is 6.92 Å². The van der Waals surface area contributed by atoms with Crippen LogP contribution in [0.4, 0.5) is 0 Å². The Bertz CT molecular complexity index is 317. The molecule has 0 radical (unpaired) electrons. The number of carboxylic acid groups (broad SMARTS) is 1. The summed E-state index contributed by atoms with van der Waals surface area (Å²) in [6, 6.07) is 0. The molecule has 3 nitrogen and oxygen atoms in total. The number of rotatable bonds is 23. The van der Waals surface area contributed by atoms with Gasteiger partial charge in [0.05, 0.1) is 12.5 Å². The molecule has 28 heavy (non-hydrogen) atoms. The number of methoxy groups -OCH3 is 1. The predicted octanol–water partition coefficient (Wildman–Crippen LogP) is 8.30. The minimum atomic E-state index is -0.760. The van der Waals surface area contributed by atoms with Gasteiger partial charge in [-0.3, -0.25) is 4.79 Å². The first-order valence-corrected chi connectivity index (χ1v) is 12.4. The Hall–Kier alpha value is -0.570. The van der Waals surface area contributed by atoms with E-state index in [-0.39, 0.29) is 12.5 Å². The standard InChI is InChI=1S/C25H50O3/c1-3-4-5-6-7-8-9-10-11-12-13-14-15-16-17-18-19-20-21-22-24(28-2)23-25(26)27/h24H,3-23H2,1-2H3,(H,26,27)/t24-/m1/s1. The Balaban J connectivity index is 3.13. The highest BCUT2D eigenvalue weighted by Crippen LogP contribution is 2.15. The molecule has 0 aromatic heterocycles. The molecule has 0 saturated heterocycles. The maximum atomic E-state index is 10.7. The van der Waals surface area contributed by atoms with Gasteiger partial charge >= 0.3 is 5.97 Å². The van der Waals surface area contributed by atoms with Crippen molar-refractivity contribution >= 4 is 5.97 Å². The van der Waals surface area contributed by atoms with Crippen molar-refractivity contribution in [2.24, 2.45) is 0 Å². The fourth-order valence-electron chi connectivity index (χ4n) is 3.95. The third-order valence-electron chi connectivity index (χ3n) is 5.87. The average molecular weight is 399 g/mol. The summed E-state index contributed by atoms with van der Waals surface area (Å²) in [6.07, 6.45) is 27.2. The third-order valence-corrected chi connectivity index (χ3v) is 5.87. The van der Waals surface area contributed by atoms with Gasteiger partial charge in [0.2, 0.25) is 0 Å².